The molecule has 1 heterocycles. The lowest BCUT2D eigenvalue weighted by Crippen LogP contribution is -2.30. The zero-order valence-corrected chi connectivity index (χ0v) is 15.0. The fourth-order valence-electron chi connectivity index (χ4n) is 3.02. The molecule has 0 atom stereocenters. The van der Waals surface area contributed by atoms with Gasteiger partial charge in [-0.15, -0.1) is 4.40 Å². The first-order chi connectivity index (χ1) is 13.0. The Hall–Kier alpha value is -3.19. The number of amidine groups is 1. The fourth-order valence-corrected chi connectivity index (χ4v) is 3.88. The van der Waals surface area contributed by atoms with E-state index < -0.39 is 10.2 Å². The summed E-state index contributed by atoms with van der Waals surface area (Å²) in [5, 5.41) is 5.06. The Bertz CT molecular complexity index is 1160. The summed E-state index contributed by atoms with van der Waals surface area (Å²) in [5.74, 6) is -0.191. The van der Waals surface area contributed by atoms with Gasteiger partial charge in [-0.3, -0.25) is 4.72 Å². The summed E-state index contributed by atoms with van der Waals surface area (Å²) in [6.07, 6.45) is 2.05. The van der Waals surface area contributed by atoms with Crippen molar-refractivity contribution in [1.29, 1.82) is 0 Å². The van der Waals surface area contributed by atoms with Gasteiger partial charge in [0.2, 0.25) is 0 Å². The molecule has 136 valence electrons. The molecule has 0 amide bonds. The molecule has 3 aromatic carbocycles. The minimum Gasteiger partial charge on any atom is -0.339 e. The second-order valence-corrected chi connectivity index (χ2v) is 7.51. The highest BCUT2D eigenvalue weighted by atomic mass is 32.2. The van der Waals surface area contributed by atoms with Crippen molar-refractivity contribution < 1.29 is 12.8 Å². The third-order valence-corrected chi connectivity index (χ3v) is 5.12. The number of hydrogen-bond acceptors (Lipinski definition) is 3. The van der Waals surface area contributed by atoms with E-state index in [0.717, 1.165) is 16.3 Å². The van der Waals surface area contributed by atoms with Crippen LogP contribution in [0.1, 0.15) is 5.56 Å². The van der Waals surface area contributed by atoms with Crippen LogP contribution in [0, 0.1) is 5.82 Å². The van der Waals surface area contributed by atoms with E-state index in [2.05, 4.69) is 14.4 Å². The van der Waals surface area contributed by atoms with E-state index in [0.29, 0.717) is 17.8 Å². The fraction of sp³-hybridized carbons (Fsp3) is 0.0500. The number of rotatable bonds is 3. The van der Waals surface area contributed by atoms with Gasteiger partial charge in [-0.1, -0.05) is 42.5 Å². The number of fused-ring (bicyclic) bond motifs is 1. The van der Waals surface area contributed by atoms with Gasteiger partial charge < -0.3 is 5.32 Å². The topological polar surface area (TPSA) is 70.6 Å². The van der Waals surface area contributed by atoms with E-state index in [1.54, 1.807) is 6.08 Å². The molecular weight excluding hydrogens is 365 g/mol. The molecule has 1 aliphatic heterocycles. The van der Waals surface area contributed by atoms with Gasteiger partial charge in [0.15, 0.2) is 0 Å². The van der Waals surface area contributed by atoms with E-state index in [1.165, 1.54) is 24.3 Å². The highest BCUT2D eigenvalue weighted by Gasteiger charge is 2.19. The summed E-state index contributed by atoms with van der Waals surface area (Å²) in [6, 6.07) is 19.5. The lowest BCUT2D eigenvalue weighted by molar-refractivity contribution is 0.589. The molecular formula is C20H16FN3O2S. The van der Waals surface area contributed by atoms with Crippen LogP contribution in [-0.2, 0) is 16.6 Å². The predicted octanol–water partition coefficient (Wildman–Crippen LogP) is 3.76. The minimum absolute atomic E-state index is 0.176. The van der Waals surface area contributed by atoms with Gasteiger partial charge in [-0.2, -0.15) is 8.42 Å². The first-order valence-electron chi connectivity index (χ1n) is 8.31. The van der Waals surface area contributed by atoms with Gasteiger partial charge in [0.25, 0.3) is 0 Å². The molecule has 1 aliphatic rings. The first kappa shape index (κ1) is 17.2. The van der Waals surface area contributed by atoms with Crippen molar-refractivity contribution in [2.24, 2.45) is 4.40 Å². The molecule has 2 N–H and O–H groups in total. The number of anilines is 1. The van der Waals surface area contributed by atoms with Gasteiger partial charge in [0.05, 0.1) is 0 Å². The van der Waals surface area contributed by atoms with E-state index in [-0.39, 0.29) is 11.7 Å². The van der Waals surface area contributed by atoms with Crippen LogP contribution in [0.2, 0.25) is 0 Å². The predicted molar refractivity (Wildman–Crippen MR) is 105 cm³/mol. The third kappa shape index (κ3) is 3.98. The summed E-state index contributed by atoms with van der Waals surface area (Å²) in [5.41, 5.74) is 2.06. The van der Waals surface area contributed by atoms with Crippen molar-refractivity contribution in [1.82, 2.24) is 4.72 Å². The van der Waals surface area contributed by atoms with Crippen molar-refractivity contribution in [2.75, 3.05) is 5.32 Å². The number of halogens is 1. The molecule has 0 spiro atoms. The Morgan fingerprint density at radius 2 is 1.70 bits per heavy atom. The van der Waals surface area contributed by atoms with Gasteiger partial charge in [-0.25, -0.2) is 4.39 Å². The smallest absolute Gasteiger partial charge is 0.339 e. The van der Waals surface area contributed by atoms with E-state index in [4.69, 9.17) is 0 Å². The maximum absolute atomic E-state index is 13.0. The molecule has 0 fully saturated rings. The lowest BCUT2D eigenvalue weighted by atomic mass is 10.0. The lowest BCUT2D eigenvalue weighted by Gasteiger charge is -2.17. The molecule has 0 aliphatic carbocycles. The van der Waals surface area contributed by atoms with Crippen LogP contribution in [0.25, 0.3) is 10.8 Å². The molecule has 27 heavy (non-hydrogen) atoms. The van der Waals surface area contributed by atoms with Gasteiger partial charge in [0.1, 0.15) is 11.7 Å². The van der Waals surface area contributed by atoms with Gasteiger partial charge in [0, 0.05) is 23.9 Å². The molecule has 0 aromatic heterocycles. The van der Waals surface area contributed by atoms with Gasteiger partial charge in [-0.05, 0) is 40.6 Å². The van der Waals surface area contributed by atoms with Crippen molar-refractivity contribution in [3.8, 4) is 0 Å². The molecule has 0 saturated heterocycles. The van der Waals surface area contributed by atoms with E-state index in [9.17, 15) is 12.8 Å². The number of allylic oxidation sites excluding steroid dienone is 1. The number of hydrogen-bond donors (Lipinski definition) is 2. The number of nitrogens with zero attached hydrogens (tertiary/aromatic N) is 1. The van der Waals surface area contributed by atoms with Crippen LogP contribution in [0.3, 0.4) is 0 Å². The summed E-state index contributed by atoms with van der Waals surface area (Å²) < 4.78 is 43.5. The van der Waals surface area contributed by atoms with Crippen LogP contribution in [0.15, 0.2) is 82.9 Å². The SMILES string of the molecule is O=S1(=O)N=C(Nc2ccc(F)cc2)C=C(Cc2cccc3ccccc23)N1. The second-order valence-electron chi connectivity index (χ2n) is 6.17. The van der Waals surface area contributed by atoms with Crippen LogP contribution in [-0.4, -0.2) is 14.3 Å². The highest BCUT2D eigenvalue weighted by molar-refractivity contribution is 7.88. The summed E-state index contributed by atoms with van der Waals surface area (Å²) >= 11 is 0. The van der Waals surface area contributed by atoms with Crippen molar-refractivity contribution in [2.45, 2.75) is 6.42 Å². The van der Waals surface area contributed by atoms with Gasteiger partial charge >= 0.3 is 10.2 Å². The Morgan fingerprint density at radius 1 is 0.963 bits per heavy atom. The Kier molecular flexibility index (Phi) is 4.37. The summed E-state index contributed by atoms with van der Waals surface area (Å²) in [6.45, 7) is 0. The Labute approximate surface area is 156 Å². The number of benzene rings is 3. The van der Waals surface area contributed by atoms with Crippen molar-refractivity contribution >= 4 is 32.5 Å². The molecule has 0 radical (unpaired) electrons. The zero-order chi connectivity index (χ0) is 18.9. The summed E-state index contributed by atoms with van der Waals surface area (Å²) in [7, 11) is -3.85. The maximum atomic E-state index is 13.0. The van der Waals surface area contributed by atoms with E-state index >= 15 is 0 Å². The maximum Gasteiger partial charge on any atom is 0.343 e. The zero-order valence-electron chi connectivity index (χ0n) is 14.2. The second kappa shape index (κ2) is 6.85. The quantitative estimate of drug-likeness (QED) is 0.726. The largest absolute Gasteiger partial charge is 0.343 e. The average Bonchev–Trinajstić information content (AvgIpc) is 2.63. The standard InChI is InChI=1S/C20H16FN3O2S/c21-16-8-10-17(11-9-16)22-20-13-18(23-27(25,26)24-20)12-15-6-3-5-14-4-1-2-7-19(14)15/h1-11,13,23H,12H2,(H,22,24). The number of nitrogens with one attached hydrogen (secondary N) is 2. The average molecular weight is 381 g/mol. The van der Waals surface area contributed by atoms with Crippen LogP contribution < -0.4 is 10.0 Å². The van der Waals surface area contributed by atoms with Crippen LogP contribution >= 0.6 is 0 Å². The molecule has 3 aromatic rings. The third-order valence-electron chi connectivity index (χ3n) is 4.17. The minimum atomic E-state index is -3.85. The molecule has 5 nitrogen and oxygen atoms in total. The van der Waals surface area contributed by atoms with Crippen LogP contribution in [0.4, 0.5) is 10.1 Å². The monoisotopic (exact) mass is 381 g/mol. The molecule has 0 saturated carbocycles. The van der Waals surface area contributed by atoms with Crippen molar-refractivity contribution in [3.05, 3.63) is 89.9 Å². The molecule has 0 bridgehead atoms. The molecule has 0 unspecified atom stereocenters. The van der Waals surface area contributed by atoms with Crippen molar-refractivity contribution in [3.63, 3.8) is 0 Å². The highest BCUT2D eigenvalue weighted by Crippen LogP contribution is 2.22. The Balaban J connectivity index is 1.64. The van der Waals surface area contributed by atoms with E-state index in [1.807, 2.05) is 42.5 Å². The Morgan fingerprint density at radius 3 is 2.52 bits per heavy atom. The first-order valence-corrected chi connectivity index (χ1v) is 9.75. The molecule has 7 heteroatoms. The summed E-state index contributed by atoms with van der Waals surface area (Å²) in [4.78, 5) is 0. The van der Waals surface area contributed by atoms with Crippen LogP contribution in [0.5, 0.6) is 0 Å². The normalized spacial score (nSPS) is 15.6. The molecule has 4 rings (SSSR count).